The van der Waals surface area contributed by atoms with Crippen LogP contribution < -0.4 is 0 Å². The molecule has 0 saturated heterocycles. The highest BCUT2D eigenvalue weighted by atomic mass is 16.5. The average Bonchev–Trinajstić information content (AvgIpc) is 2.51. The number of benzene rings is 1. The largest absolute Gasteiger partial charge is 0.381 e. The highest BCUT2D eigenvalue weighted by Gasteiger charge is 2.05. The van der Waals surface area contributed by atoms with Crippen molar-refractivity contribution in [3.63, 3.8) is 0 Å². The van der Waals surface area contributed by atoms with Gasteiger partial charge in [-0.25, -0.2) is 0 Å². The van der Waals surface area contributed by atoms with E-state index in [1.807, 2.05) is 0 Å². The van der Waals surface area contributed by atoms with Gasteiger partial charge in [-0.3, -0.25) is 4.79 Å². The summed E-state index contributed by atoms with van der Waals surface area (Å²) in [6, 6.07) is 6.61. The highest BCUT2D eigenvalue weighted by Crippen LogP contribution is 2.14. The van der Waals surface area contributed by atoms with Gasteiger partial charge in [0.25, 0.3) is 0 Å². The number of Topliss-reactive ketones (excluding diaryl/α,β-unsaturated/α-hetero) is 1. The summed E-state index contributed by atoms with van der Waals surface area (Å²) < 4.78 is 5.44. The number of terminal acetylenes is 1. The Bertz CT molecular complexity index is 525. The summed E-state index contributed by atoms with van der Waals surface area (Å²) in [5.41, 5.74) is 9.43. The normalized spacial score (nSPS) is 9.67. The topological polar surface area (TPSA) is 75.1 Å². The van der Waals surface area contributed by atoms with Crippen LogP contribution in [0.5, 0.6) is 0 Å². The van der Waals surface area contributed by atoms with E-state index < -0.39 is 0 Å². The summed E-state index contributed by atoms with van der Waals surface area (Å²) in [5.74, 6) is 2.66. The van der Waals surface area contributed by atoms with Gasteiger partial charge in [-0.15, -0.1) is 12.3 Å². The molecule has 0 aliphatic carbocycles. The second-order valence-corrected chi connectivity index (χ2v) is 4.54. The van der Waals surface area contributed by atoms with Crippen molar-refractivity contribution in [3.05, 3.63) is 40.3 Å². The molecule has 0 bridgehead atoms. The standard InChI is InChI=1S/C16H19N3O2/c1-2-3-4-5-12-21-13-6-7-16(20)14-8-10-15(11-9-14)18-19-17/h1,8-11H,3-7,12-13H2. The van der Waals surface area contributed by atoms with Crippen LogP contribution in [-0.2, 0) is 4.74 Å². The lowest BCUT2D eigenvalue weighted by Gasteiger charge is -2.04. The van der Waals surface area contributed by atoms with E-state index in [0.717, 1.165) is 19.3 Å². The third-order valence-corrected chi connectivity index (χ3v) is 2.90. The van der Waals surface area contributed by atoms with Gasteiger partial charge in [-0.05, 0) is 24.8 Å². The number of nitrogens with zero attached hydrogens (tertiary/aromatic N) is 3. The van der Waals surface area contributed by atoms with Crippen LogP contribution in [0.1, 0.15) is 42.5 Å². The van der Waals surface area contributed by atoms with E-state index in [9.17, 15) is 4.79 Å². The van der Waals surface area contributed by atoms with E-state index in [1.54, 1.807) is 24.3 Å². The Labute approximate surface area is 124 Å². The molecule has 110 valence electrons. The van der Waals surface area contributed by atoms with Gasteiger partial charge >= 0.3 is 0 Å². The molecule has 0 N–H and O–H groups in total. The summed E-state index contributed by atoms with van der Waals surface area (Å²) in [7, 11) is 0. The molecule has 1 rings (SSSR count). The lowest BCUT2D eigenvalue weighted by Crippen LogP contribution is -2.03. The quantitative estimate of drug-likeness (QED) is 0.159. The van der Waals surface area contributed by atoms with Crippen LogP contribution in [0.25, 0.3) is 10.4 Å². The maximum absolute atomic E-state index is 11.9. The van der Waals surface area contributed by atoms with Crippen LogP contribution in [0.3, 0.4) is 0 Å². The molecule has 0 atom stereocenters. The summed E-state index contributed by atoms with van der Waals surface area (Å²) >= 11 is 0. The molecular formula is C16H19N3O2. The van der Waals surface area contributed by atoms with Gasteiger partial charge in [0.15, 0.2) is 5.78 Å². The molecule has 21 heavy (non-hydrogen) atoms. The molecule has 0 unspecified atom stereocenters. The summed E-state index contributed by atoms with van der Waals surface area (Å²) in [5, 5.41) is 3.46. The third-order valence-electron chi connectivity index (χ3n) is 2.90. The maximum Gasteiger partial charge on any atom is 0.162 e. The van der Waals surface area contributed by atoms with E-state index in [4.69, 9.17) is 16.7 Å². The molecule has 1 aromatic rings. The van der Waals surface area contributed by atoms with E-state index >= 15 is 0 Å². The summed E-state index contributed by atoms with van der Waals surface area (Å²) in [6.45, 7) is 1.27. The Hall–Kier alpha value is -2.28. The van der Waals surface area contributed by atoms with E-state index in [0.29, 0.717) is 37.3 Å². The molecule has 5 nitrogen and oxygen atoms in total. The predicted molar refractivity (Wildman–Crippen MR) is 82.3 cm³/mol. The van der Waals surface area contributed by atoms with Crippen molar-refractivity contribution in [2.24, 2.45) is 5.11 Å². The third kappa shape index (κ3) is 7.17. The Balaban J connectivity index is 2.19. The van der Waals surface area contributed by atoms with Crippen LogP contribution in [0.4, 0.5) is 5.69 Å². The summed E-state index contributed by atoms with van der Waals surface area (Å²) in [6.07, 6.45) is 9.03. The van der Waals surface area contributed by atoms with E-state index in [-0.39, 0.29) is 5.78 Å². The number of carbonyl (C=O) groups is 1. The van der Waals surface area contributed by atoms with Gasteiger partial charge in [0.1, 0.15) is 0 Å². The highest BCUT2D eigenvalue weighted by molar-refractivity contribution is 5.96. The number of azide groups is 1. The Kier molecular flexibility index (Phi) is 8.39. The summed E-state index contributed by atoms with van der Waals surface area (Å²) in [4.78, 5) is 14.6. The number of hydrogen-bond acceptors (Lipinski definition) is 3. The molecule has 0 fully saturated rings. The van der Waals surface area contributed by atoms with Crippen LogP contribution in [0.2, 0.25) is 0 Å². The first-order valence-electron chi connectivity index (χ1n) is 6.97. The van der Waals surface area contributed by atoms with Gasteiger partial charge in [0.2, 0.25) is 0 Å². The zero-order valence-corrected chi connectivity index (χ0v) is 12.0. The van der Waals surface area contributed by atoms with Gasteiger partial charge in [0, 0.05) is 42.2 Å². The fourth-order valence-corrected chi connectivity index (χ4v) is 1.78. The maximum atomic E-state index is 11.9. The van der Waals surface area contributed by atoms with Gasteiger partial charge in [-0.1, -0.05) is 29.4 Å². The van der Waals surface area contributed by atoms with Crippen molar-refractivity contribution >= 4 is 11.5 Å². The number of ketones is 1. The molecule has 0 spiro atoms. The molecule has 0 amide bonds. The Morgan fingerprint density at radius 3 is 2.62 bits per heavy atom. The molecule has 0 aliphatic heterocycles. The lowest BCUT2D eigenvalue weighted by molar-refractivity contribution is 0.0934. The lowest BCUT2D eigenvalue weighted by atomic mass is 10.1. The first-order valence-corrected chi connectivity index (χ1v) is 6.97. The van der Waals surface area contributed by atoms with Crippen LogP contribution >= 0.6 is 0 Å². The molecule has 0 heterocycles. The number of hydrogen-bond donors (Lipinski definition) is 0. The van der Waals surface area contributed by atoms with Gasteiger partial charge in [0.05, 0.1) is 0 Å². The number of ether oxygens (including phenoxy) is 1. The average molecular weight is 285 g/mol. The zero-order valence-electron chi connectivity index (χ0n) is 12.0. The molecule has 5 heteroatoms. The fraction of sp³-hybridized carbons (Fsp3) is 0.438. The minimum atomic E-state index is 0.0680. The van der Waals surface area contributed by atoms with Crippen molar-refractivity contribution in [2.45, 2.75) is 32.1 Å². The first kappa shape index (κ1) is 16.8. The first-order chi connectivity index (χ1) is 10.3. The second kappa shape index (κ2) is 10.5. The van der Waals surface area contributed by atoms with E-state index in [2.05, 4.69) is 15.9 Å². The van der Waals surface area contributed by atoms with Gasteiger partial charge in [-0.2, -0.15) is 0 Å². The second-order valence-electron chi connectivity index (χ2n) is 4.54. The van der Waals surface area contributed by atoms with Crippen molar-refractivity contribution in [2.75, 3.05) is 13.2 Å². The van der Waals surface area contributed by atoms with Crippen molar-refractivity contribution < 1.29 is 9.53 Å². The van der Waals surface area contributed by atoms with Crippen LogP contribution in [0.15, 0.2) is 29.4 Å². The molecule has 0 aliphatic rings. The van der Waals surface area contributed by atoms with Crippen molar-refractivity contribution in [1.82, 2.24) is 0 Å². The SMILES string of the molecule is C#CCCCCOCCCC(=O)c1ccc(N=[N+]=[N-])cc1. The fourth-order valence-electron chi connectivity index (χ4n) is 1.78. The van der Waals surface area contributed by atoms with Crippen molar-refractivity contribution in [3.8, 4) is 12.3 Å². The predicted octanol–water partition coefficient (Wildman–Crippen LogP) is 4.41. The molecule has 0 saturated carbocycles. The molecule has 0 aromatic heterocycles. The number of rotatable bonds is 10. The number of carbonyl (C=O) groups excluding carboxylic acids is 1. The van der Waals surface area contributed by atoms with Crippen molar-refractivity contribution in [1.29, 1.82) is 0 Å². The minimum Gasteiger partial charge on any atom is -0.381 e. The molecule has 0 radical (unpaired) electrons. The van der Waals surface area contributed by atoms with Crippen LogP contribution in [0, 0.1) is 12.3 Å². The van der Waals surface area contributed by atoms with Crippen LogP contribution in [-0.4, -0.2) is 19.0 Å². The number of unbranched alkanes of at least 4 members (excludes halogenated alkanes) is 2. The van der Waals surface area contributed by atoms with Gasteiger partial charge < -0.3 is 4.74 Å². The molecule has 1 aromatic carbocycles. The van der Waals surface area contributed by atoms with E-state index in [1.165, 1.54) is 0 Å². The molecular weight excluding hydrogens is 266 g/mol. The zero-order chi connectivity index (χ0) is 15.3. The Morgan fingerprint density at radius 2 is 1.95 bits per heavy atom. The smallest absolute Gasteiger partial charge is 0.162 e. The monoisotopic (exact) mass is 285 g/mol. The Morgan fingerprint density at radius 1 is 1.24 bits per heavy atom. The minimum absolute atomic E-state index is 0.0680.